The van der Waals surface area contributed by atoms with Gasteiger partial charge in [-0.15, -0.1) is 0 Å². The van der Waals surface area contributed by atoms with E-state index in [1.54, 1.807) is 13.8 Å². The molecule has 1 heterocycles. The van der Waals surface area contributed by atoms with Gasteiger partial charge < -0.3 is 10.5 Å². The average Bonchev–Trinajstić information content (AvgIpc) is 2.38. The largest absolute Gasteiger partial charge is 0.466 e. The van der Waals surface area contributed by atoms with Crippen LogP contribution in [0.5, 0.6) is 0 Å². The first-order valence-electron chi connectivity index (χ1n) is 6.54. The molecule has 112 valence electrons. The number of nitrogens with two attached hydrogens (primary N) is 1. The lowest BCUT2D eigenvalue weighted by Gasteiger charge is -2.30. The smallest absolute Gasteiger partial charge is 0.309 e. The van der Waals surface area contributed by atoms with Gasteiger partial charge in [-0.05, 0) is 26.7 Å². The van der Waals surface area contributed by atoms with E-state index in [2.05, 4.69) is 4.72 Å². The lowest BCUT2D eigenvalue weighted by Crippen LogP contribution is -2.49. The maximum Gasteiger partial charge on any atom is 0.309 e. The molecular formula is C11H23N3O4S. The first-order valence-corrected chi connectivity index (χ1v) is 7.98. The molecule has 19 heavy (non-hydrogen) atoms. The minimum Gasteiger partial charge on any atom is -0.466 e. The molecule has 1 atom stereocenters. The summed E-state index contributed by atoms with van der Waals surface area (Å²) < 4.78 is 32.8. The Bertz CT molecular complexity index is 391. The molecule has 1 aliphatic heterocycles. The summed E-state index contributed by atoms with van der Waals surface area (Å²) >= 11 is 0. The summed E-state index contributed by atoms with van der Waals surface area (Å²) in [5.74, 6) is -0.429. The molecule has 0 amide bonds. The summed E-state index contributed by atoms with van der Waals surface area (Å²) in [6.45, 7) is 4.73. The highest BCUT2D eigenvalue weighted by Crippen LogP contribution is 2.20. The number of ether oxygens (including phenoxy) is 1. The molecule has 0 aromatic carbocycles. The van der Waals surface area contributed by atoms with E-state index in [4.69, 9.17) is 10.5 Å². The van der Waals surface area contributed by atoms with E-state index in [9.17, 15) is 13.2 Å². The molecule has 0 aromatic rings. The lowest BCUT2D eigenvalue weighted by molar-refractivity contribution is -0.149. The Kier molecular flexibility index (Phi) is 6.18. The van der Waals surface area contributed by atoms with Gasteiger partial charge >= 0.3 is 5.97 Å². The van der Waals surface area contributed by atoms with Gasteiger partial charge in [0.15, 0.2) is 0 Å². The first kappa shape index (κ1) is 16.4. The van der Waals surface area contributed by atoms with Crippen LogP contribution in [0.25, 0.3) is 0 Å². The van der Waals surface area contributed by atoms with Crippen LogP contribution >= 0.6 is 0 Å². The van der Waals surface area contributed by atoms with E-state index in [0.717, 1.165) is 0 Å². The standard InChI is InChI=1S/C11H23N3O4S/c1-3-18-11(15)10-4-6-14(7-5-10)19(16,17)13-9(2)8-12/h9-10,13H,3-8,12H2,1-2H3. The van der Waals surface area contributed by atoms with Gasteiger partial charge in [-0.25, -0.2) is 0 Å². The van der Waals surface area contributed by atoms with Crippen LogP contribution in [-0.4, -0.2) is 51.0 Å². The van der Waals surface area contributed by atoms with E-state index in [0.29, 0.717) is 32.5 Å². The zero-order valence-corrected chi connectivity index (χ0v) is 12.3. The topological polar surface area (TPSA) is 102 Å². The van der Waals surface area contributed by atoms with Crippen molar-refractivity contribution in [3.63, 3.8) is 0 Å². The molecular weight excluding hydrogens is 270 g/mol. The van der Waals surface area contributed by atoms with Crippen molar-refractivity contribution in [3.8, 4) is 0 Å². The zero-order valence-electron chi connectivity index (χ0n) is 11.5. The molecule has 1 fully saturated rings. The number of esters is 1. The Morgan fingerprint density at radius 2 is 2.05 bits per heavy atom. The second kappa shape index (κ2) is 7.18. The van der Waals surface area contributed by atoms with Crippen LogP contribution in [0.2, 0.25) is 0 Å². The highest BCUT2D eigenvalue weighted by Gasteiger charge is 2.32. The van der Waals surface area contributed by atoms with Gasteiger partial charge in [-0.3, -0.25) is 4.79 Å². The lowest BCUT2D eigenvalue weighted by atomic mass is 9.98. The van der Waals surface area contributed by atoms with Gasteiger partial charge in [0.05, 0.1) is 12.5 Å². The molecule has 7 nitrogen and oxygen atoms in total. The molecule has 0 radical (unpaired) electrons. The molecule has 1 aliphatic rings. The van der Waals surface area contributed by atoms with E-state index in [1.807, 2.05) is 0 Å². The van der Waals surface area contributed by atoms with Gasteiger partial charge in [0.2, 0.25) is 0 Å². The number of carbonyl (C=O) groups is 1. The van der Waals surface area contributed by atoms with Crippen molar-refractivity contribution in [1.82, 2.24) is 9.03 Å². The Morgan fingerprint density at radius 1 is 1.47 bits per heavy atom. The second-order valence-electron chi connectivity index (χ2n) is 4.69. The zero-order chi connectivity index (χ0) is 14.5. The molecule has 3 N–H and O–H groups in total. The normalized spacial score (nSPS) is 20.2. The summed E-state index contributed by atoms with van der Waals surface area (Å²) in [4.78, 5) is 11.6. The van der Waals surface area contributed by atoms with E-state index in [1.165, 1.54) is 4.31 Å². The van der Waals surface area contributed by atoms with E-state index >= 15 is 0 Å². The number of hydrogen-bond donors (Lipinski definition) is 2. The maximum absolute atomic E-state index is 12.0. The highest BCUT2D eigenvalue weighted by atomic mass is 32.2. The summed E-state index contributed by atoms with van der Waals surface area (Å²) in [7, 11) is -3.50. The number of rotatable bonds is 6. The first-order chi connectivity index (χ1) is 8.90. The van der Waals surface area contributed by atoms with Gasteiger partial charge in [0.1, 0.15) is 0 Å². The van der Waals surface area contributed by atoms with Crippen molar-refractivity contribution in [2.24, 2.45) is 11.7 Å². The van der Waals surface area contributed by atoms with Crippen molar-refractivity contribution < 1.29 is 17.9 Å². The van der Waals surface area contributed by atoms with Gasteiger partial charge in [0, 0.05) is 25.7 Å². The number of carbonyl (C=O) groups excluding carboxylic acids is 1. The minimum absolute atomic E-state index is 0.196. The Morgan fingerprint density at radius 3 is 2.53 bits per heavy atom. The quantitative estimate of drug-likeness (QED) is 0.639. The molecule has 0 saturated carbocycles. The fraction of sp³-hybridized carbons (Fsp3) is 0.909. The van der Waals surface area contributed by atoms with Crippen molar-refractivity contribution in [2.45, 2.75) is 32.7 Å². The Hall–Kier alpha value is -0.700. The van der Waals surface area contributed by atoms with Crippen LogP contribution in [0.4, 0.5) is 0 Å². The predicted molar refractivity (Wildman–Crippen MR) is 71.5 cm³/mol. The SMILES string of the molecule is CCOC(=O)C1CCN(S(=O)(=O)NC(C)CN)CC1. The van der Waals surface area contributed by atoms with Crippen LogP contribution in [-0.2, 0) is 19.7 Å². The van der Waals surface area contributed by atoms with Crippen LogP contribution in [0.3, 0.4) is 0 Å². The number of piperidine rings is 1. The van der Waals surface area contributed by atoms with Gasteiger partial charge in [-0.1, -0.05) is 0 Å². The predicted octanol–water partition coefficient (Wildman–Crippen LogP) is -0.557. The molecule has 8 heteroatoms. The monoisotopic (exact) mass is 293 g/mol. The van der Waals surface area contributed by atoms with Gasteiger partial charge in [0.25, 0.3) is 10.2 Å². The van der Waals surface area contributed by atoms with Crippen molar-refractivity contribution >= 4 is 16.2 Å². The number of nitrogens with zero attached hydrogens (tertiary/aromatic N) is 1. The fourth-order valence-electron chi connectivity index (χ4n) is 1.97. The third-order valence-corrected chi connectivity index (χ3v) is 4.86. The van der Waals surface area contributed by atoms with Crippen molar-refractivity contribution in [1.29, 1.82) is 0 Å². The summed E-state index contributed by atoms with van der Waals surface area (Å²) in [5, 5.41) is 0. The van der Waals surface area contributed by atoms with Gasteiger partial charge in [-0.2, -0.15) is 17.4 Å². The molecule has 1 rings (SSSR count). The molecule has 0 aliphatic carbocycles. The third-order valence-electron chi connectivity index (χ3n) is 3.12. The summed E-state index contributed by atoms with van der Waals surface area (Å²) in [6.07, 6.45) is 0.994. The molecule has 0 aromatic heterocycles. The minimum atomic E-state index is -3.50. The summed E-state index contributed by atoms with van der Waals surface area (Å²) in [6, 6.07) is -0.298. The number of hydrogen-bond acceptors (Lipinski definition) is 5. The third kappa shape index (κ3) is 4.72. The Labute approximate surface area is 114 Å². The maximum atomic E-state index is 12.0. The van der Waals surface area contributed by atoms with Crippen LogP contribution in [0.15, 0.2) is 0 Å². The average molecular weight is 293 g/mol. The van der Waals surface area contributed by atoms with E-state index < -0.39 is 10.2 Å². The molecule has 1 unspecified atom stereocenters. The Balaban J connectivity index is 2.51. The number of nitrogens with one attached hydrogen (secondary N) is 1. The van der Waals surface area contributed by atoms with E-state index in [-0.39, 0.29) is 24.5 Å². The summed E-state index contributed by atoms with van der Waals surface area (Å²) in [5.41, 5.74) is 5.40. The van der Waals surface area contributed by atoms with Crippen molar-refractivity contribution in [3.05, 3.63) is 0 Å². The van der Waals surface area contributed by atoms with Crippen LogP contribution < -0.4 is 10.5 Å². The second-order valence-corrected chi connectivity index (χ2v) is 6.39. The highest BCUT2D eigenvalue weighted by molar-refractivity contribution is 7.87. The molecule has 0 bridgehead atoms. The van der Waals surface area contributed by atoms with Crippen molar-refractivity contribution in [2.75, 3.05) is 26.2 Å². The van der Waals surface area contributed by atoms with Crippen LogP contribution in [0.1, 0.15) is 26.7 Å². The molecule has 1 saturated heterocycles. The fourth-order valence-corrected chi connectivity index (χ4v) is 3.41. The van der Waals surface area contributed by atoms with Crippen LogP contribution in [0, 0.1) is 5.92 Å². The molecule has 0 spiro atoms.